The Balaban J connectivity index is 2.33. The Kier molecular flexibility index (Phi) is 5.54. The number of pyridine rings is 1. The molecular weight excluding hydrogens is 359 g/mol. The van der Waals surface area contributed by atoms with Gasteiger partial charge in [-0.15, -0.1) is 0 Å². The van der Waals surface area contributed by atoms with Crippen LogP contribution in [-0.4, -0.2) is 18.6 Å². The van der Waals surface area contributed by atoms with Crippen molar-refractivity contribution in [3.05, 3.63) is 62.5 Å². The van der Waals surface area contributed by atoms with Crippen molar-refractivity contribution in [2.45, 2.75) is 26.2 Å². The molecule has 1 heterocycles. The van der Waals surface area contributed by atoms with Gasteiger partial charge in [0.2, 0.25) is 0 Å². The highest BCUT2D eigenvalue weighted by atomic mass is 127. The van der Waals surface area contributed by atoms with Crippen LogP contribution in [0.2, 0.25) is 0 Å². The van der Waals surface area contributed by atoms with E-state index in [1.54, 1.807) is 0 Å². The number of likely N-dealkylation sites (N-methyl/N-ethyl adjacent to an activating group) is 1. The molecule has 0 amide bonds. The van der Waals surface area contributed by atoms with Crippen molar-refractivity contribution in [2.75, 3.05) is 13.6 Å². The quantitative estimate of drug-likeness (QED) is 0.720. The van der Waals surface area contributed by atoms with E-state index in [4.69, 9.17) is 0 Å². The fraction of sp³-hybridized carbons (Fsp3) is 0.353. The first-order chi connectivity index (χ1) is 9.63. The Morgan fingerprint density at radius 3 is 2.55 bits per heavy atom. The number of rotatable bonds is 5. The number of benzene rings is 1. The third-order valence-corrected chi connectivity index (χ3v) is 4.80. The Hall–Kier alpha value is -0.940. The van der Waals surface area contributed by atoms with Crippen molar-refractivity contribution in [1.29, 1.82) is 0 Å². The van der Waals surface area contributed by atoms with Gasteiger partial charge >= 0.3 is 0 Å². The van der Waals surface area contributed by atoms with Gasteiger partial charge in [-0.05, 0) is 50.6 Å². The van der Waals surface area contributed by atoms with Gasteiger partial charge in [-0.3, -0.25) is 4.98 Å². The van der Waals surface area contributed by atoms with Crippen LogP contribution in [0, 0.1) is 17.4 Å². The average Bonchev–Trinajstić information content (AvgIpc) is 2.43. The minimum Gasteiger partial charge on any atom is -0.319 e. The summed E-state index contributed by atoms with van der Waals surface area (Å²) in [6.45, 7) is 5.30. The molecule has 0 fully saturated rings. The lowest BCUT2D eigenvalue weighted by molar-refractivity contribution is -0.329. The summed E-state index contributed by atoms with van der Waals surface area (Å²) < 4.78 is 1.38. The molecule has 1 aromatic carbocycles. The van der Waals surface area contributed by atoms with E-state index in [1.165, 1.54) is 26.0 Å². The van der Waals surface area contributed by atoms with Crippen LogP contribution in [0.25, 0.3) is 0 Å². The zero-order chi connectivity index (χ0) is 14.5. The number of nitrogens with one attached hydrogen (secondary N) is 1. The fourth-order valence-electron chi connectivity index (χ4n) is 2.62. The lowest BCUT2D eigenvalue weighted by Crippen LogP contribution is -3.34. The fourth-order valence-corrected chi connectivity index (χ4v) is 3.54. The van der Waals surface area contributed by atoms with Crippen LogP contribution in [0.1, 0.15) is 28.3 Å². The standard InChI is InChI=1S/C17H22IN2/c1-12-6-4-8-16(18)15(12)10-14(11-19-3)17-13(2)7-5-9-20-17/h4-9,14,18-19H,10-11H2,1-3H3/q+1. The normalized spacial score (nSPS) is 12.4. The van der Waals surface area contributed by atoms with Gasteiger partial charge in [0.05, 0.1) is 0 Å². The van der Waals surface area contributed by atoms with E-state index in [2.05, 4.69) is 71.0 Å². The molecule has 0 saturated heterocycles. The number of hydrogen-bond acceptors (Lipinski definition) is 2. The summed E-state index contributed by atoms with van der Waals surface area (Å²) in [7, 11) is 2.01. The first kappa shape index (κ1) is 15.4. The van der Waals surface area contributed by atoms with Crippen LogP contribution < -0.4 is 27.9 Å². The summed E-state index contributed by atoms with van der Waals surface area (Å²) in [6.07, 6.45) is 2.94. The highest BCUT2D eigenvalue weighted by Gasteiger charge is 2.19. The third-order valence-electron chi connectivity index (χ3n) is 3.70. The Morgan fingerprint density at radius 2 is 1.90 bits per heavy atom. The summed E-state index contributed by atoms with van der Waals surface area (Å²) in [5.74, 6) is 0.419. The van der Waals surface area contributed by atoms with Crippen LogP contribution in [0.3, 0.4) is 0 Å². The smallest absolute Gasteiger partial charge is 0.297 e. The summed E-state index contributed by atoms with van der Waals surface area (Å²) in [6, 6.07) is 10.7. The van der Waals surface area contributed by atoms with Crippen molar-refractivity contribution in [2.24, 2.45) is 0 Å². The summed E-state index contributed by atoms with van der Waals surface area (Å²) in [5.41, 5.74) is 5.33. The van der Waals surface area contributed by atoms with E-state index in [0.29, 0.717) is 5.92 Å². The highest BCUT2D eigenvalue weighted by Crippen LogP contribution is 2.23. The second kappa shape index (κ2) is 7.18. The number of hydrogen-bond donors (Lipinski definition) is 1. The number of aromatic nitrogens is 1. The van der Waals surface area contributed by atoms with Gasteiger partial charge in [0, 0.05) is 29.9 Å². The first-order valence-electron chi connectivity index (χ1n) is 6.95. The minimum atomic E-state index is 0.419. The molecule has 2 nitrogen and oxygen atoms in total. The Bertz CT molecular complexity index is 561. The molecule has 0 spiro atoms. The van der Waals surface area contributed by atoms with Gasteiger partial charge in [-0.1, -0.05) is 18.2 Å². The predicted molar refractivity (Wildman–Crippen MR) is 80.6 cm³/mol. The molecule has 1 atom stereocenters. The van der Waals surface area contributed by atoms with Crippen LogP contribution >= 0.6 is 0 Å². The molecule has 20 heavy (non-hydrogen) atoms. The van der Waals surface area contributed by atoms with Gasteiger partial charge in [-0.25, -0.2) is 0 Å². The lowest BCUT2D eigenvalue weighted by atomic mass is 9.91. The van der Waals surface area contributed by atoms with Gasteiger partial charge in [0.15, 0.2) is 3.57 Å². The molecule has 2 aromatic rings. The highest BCUT2D eigenvalue weighted by molar-refractivity contribution is 5.29. The number of nitrogens with zero attached hydrogens (tertiary/aromatic N) is 1. The SMILES string of the molecule is CNCC(Cc1c(C)cccc1[IH+])c1ncccc1C. The Labute approximate surface area is 135 Å². The molecule has 0 bridgehead atoms. The topological polar surface area (TPSA) is 24.9 Å². The molecule has 0 saturated carbocycles. The van der Waals surface area contributed by atoms with Crippen molar-refractivity contribution < 1.29 is 22.6 Å². The molecular formula is C17H22IN2+. The van der Waals surface area contributed by atoms with Crippen LogP contribution in [0.15, 0.2) is 36.5 Å². The van der Waals surface area contributed by atoms with E-state index in [1.807, 2.05) is 19.3 Å². The van der Waals surface area contributed by atoms with E-state index in [-0.39, 0.29) is 0 Å². The number of aryl methyl sites for hydroxylation is 2. The molecule has 0 aliphatic carbocycles. The average molecular weight is 381 g/mol. The molecule has 106 valence electrons. The van der Waals surface area contributed by atoms with E-state index < -0.39 is 0 Å². The molecule has 1 N–H and O–H groups in total. The molecule has 1 aromatic heterocycles. The number of halogens is 1. The van der Waals surface area contributed by atoms with Crippen molar-refractivity contribution in [3.8, 4) is 0 Å². The second-order valence-electron chi connectivity index (χ2n) is 5.22. The third kappa shape index (κ3) is 3.58. The monoisotopic (exact) mass is 381 g/mol. The van der Waals surface area contributed by atoms with Gasteiger partial charge in [0.25, 0.3) is 22.6 Å². The predicted octanol–water partition coefficient (Wildman–Crippen LogP) is -0.301. The van der Waals surface area contributed by atoms with Gasteiger partial charge in [0.1, 0.15) is 0 Å². The first-order valence-corrected chi connectivity index (χ1v) is 8.11. The molecule has 0 aliphatic rings. The zero-order valence-corrected chi connectivity index (χ0v) is 14.6. The van der Waals surface area contributed by atoms with Crippen LogP contribution in [0.4, 0.5) is 0 Å². The molecule has 1 unspecified atom stereocenters. The minimum absolute atomic E-state index is 0.419. The maximum atomic E-state index is 4.61. The van der Waals surface area contributed by atoms with Crippen molar-refractivity contribution in [3.63, 3.8) is 0 Å². The molecule has 0 aliphatic heterocycles. The van der Waals surface area contributed by atoms with E-state index in [9.17, 15) is 0 Å². The maximum absolute atomic E-state index is 4.61. The van der Waals surface area contributed by atoms with Crippen LogP contribution in [0.5, 0.6) is 0 Å². The second-order valence-corrected chi connectivity index (χ2v) is 6.47. The van der Waals surface area contributed by atoms with Crippen LogP contribution in [-0.2, 0) is 6.42 Å². The van der Waals surface area contributed by atoms with Gasteiger partial charge < -0.3 is 5.32 Å². The maximum Gasteiger partial charge on any atom is 0.297 e. The molecule has 2 rings (SSSR count). The Morgan fingerprint density at radius 1 is 1.15 bits per heavy atom. The summed E-state index contributed by atoms with van der Waals surface area (Å²) in [5, 5.41) is 3.31. The van der Waals surface area contributed by atoms with Crippen molar-refractivity contribution in [1.82, 2.24) is 10.3 Å². The largest absolute Gasteiger partial charge is 0.319 e. The lowest BCUT2D eigenvalue weighted by Gasteiger charge is -2.19. The summed E-state index contributed by atoms with van der Waals surface area (Å²) in [4.78, 5) is 4.61. The van der Waals surface area contributed by atoms with E-state index in [0.717, 1.165) is 13.0 Å². The van der Waals surface area contributed by atoms with Gasteiger partial charge in [-0.2, -0.15) is 0 Å². The van der Waals surface area contributed by atoms with Crippen molar-refractivity contribution >= 4 is 0 Å². The zero-order valence-electron chi connectivity index (χ0n) is 12.3. The molecule has 3 heteroatoms. The molecule has 0 radical (unpaired) electrons. The summed E-state index contributed by atoms with van der Waals surface area (Å²) >= 11 is 2.12. The van der Waals surface area contributed by atoms with E-state index >= 15 is 0 Å².